The zero-order chi connectivity index (χ0) is 14.7. The SMILES string of the molecule is O=C(Nc1cc(F)c(F)c(F)c1)c1cccc(CCl)c1. The molecule has 0 aromatic heterocycles. The van der Waals surface area contributed by atoms with E-state index in [0.29, 0.717) is 12.1 Å². The third-order valence-electron chi connectivity index (χ3n) is 2.59. The lowest BCUT2D eigenvalue weighted by molar-refractivity contribution is 0.102. The van der Waals surface area contributed by atoms with Crippen LogP contribution in [0.4, 0.5) is 18.9 Å². The van der Waals surface area contributed by atoms with Crippen LogP contribution in [-0.4, -0.2) is 5.91 Å². The molecule has 2 rings (SSSR count). The molecule has 2 nitrogen and oxygen atoms in total. The molecule has 0 heterocycles. The quantitative estimate of drug-likeness (QED) is 0.671. The second-order valence-electron chi connectivity index (χ2n) is 4.04. The molecule has 0 fully saturated rings. The maximum atomic E-state index is 13.0. The molecule has 2 aromatic rings. The van der Waals surface area contributed by atoms with E-state index in [2.05, 4.69) is 5.32 Å². The number of anilines is 1. The van der Waals surface area contributed by atoms with Crippen LogP contribution in [0.1, 0.15) is 15.9 Å². The van der Waals surface area contributed by atoms with Gasteiger partial charge in [0.25, 0.3) is 5.91 Å². The fourth-order valence-electron chi connectivity index (χ4n) is 1.63. The lowest BCUT2D eigenvalue weighted by atomic mass is 10.1. The highest BCUT2D eigenvalue weighted by molar-refractivity contribution is 6.17. The van der Waals surface area contributed by atoms with Gasteiger partial charge in [-0.15, -0.1) is 11.6 Å². The molecule has 0 atom stereocenters. The van der Waals surface area contributed by atoms with E-state index in [4.69, 9.17) is 11.6 Å². The third-order valence-corrected chi connectivity index (χ3v) is 2.89. The Hall–Kier alpha value is -2.01. The first-order chi connectivity index (χ1) is 9.51. The number of amides is 1. The average molecular weight is 300 g/mol. The van der Waals surface area contributed by atoms with E-state index in [1.165, 1.54) is 6.07 Å². The van der Waals surface area contributed by atoms with E-state index in [0.717, 1.165) is 5.56 Å². The number of rotatable bonds is 3. The van der Waals surface area contributed by atoms with E-state index in [1.807, 2.05) is 0 Å². The van der Waals surface area contributed by atoms with Crippen LogP contribution in [0.2, 0.25) is 0 Å². The maximum absolute atomic E-state index is 13.0. The Bertz CT molecular complexity index is 638. The first-order valence-electron chi connectivity index (χ1n) is 5.62. The van der Waals surface area contributed by atoms with Crippen LogP contribution in [0, 0.1) is 17.5 Å². The van der Waals surface area contributed by atoms with Gasteiger partial charge in [-0.3, -0.25) is 4.79 Å². The van der Waals surface area contributed by atoms with Crippen molar-refractivity contribution in [3.05, 3.63) is 65.0 Å². The second kappa shape index (κ2) is 5.96. The molecule has 6 heteroatoms. The Labute approximate surface area is 118 Å². The van der Waals surface area contributed by atoms with Crippen molar-refractivity contribution in [2.24, 2.45) is 0 Å². The van der Waals surface area contributed by atoms with Gasteiger partial charge in [-0.1, -0.05) is 12.1 Å². The summed E-state index contributed by atoms with van der Waals surface area (Å²) in [4.78, 5) is 11.9. The van der Waals surface area contributed by atoms with Crippen molar-refractivity contribution in [2.45, 2.75) is 5.88 Å². The van der Waals surface area contributed by atoms with Crippen LogP contribution in [0.25, 0.3) is 0 Å². The monoisotopic (exact) mass is 299 g/mol. The third kappa shape index (κ3) is 3.11. The lowest BCUT2D eigenvalue weighted by Gasteiger charge is -2.07. The molecular formula is C14H9ClF3NO. The van der Waals surface area contributed by atoms with Crippen molar-refractivity contribution in [2.75, 3.05) is 5.32 Å². The normalized spacial score (nSPS) is 10.4. The van der Waals surface area contributed by atoms with Gasteiger partial charge in [0, 0.05) is 29.3 Å². The van der Waals surface area contributed by atoms with Gasteiger partial charge in [0.05, 0.1) is 0 Å². The number of nitrogens with one attached hydrogen (secondary N) is 1. The molecule has 2 aromatic carbocycles. The summed E-state index contributed by atoms with van der Waals surface area (Å²) in [5.41, 5.74) is 0.853. The van der Waals surface area contributed by atoms with Gasteiger partial charge in [-0.2, -0.15) is 0 Å². The highest BCUT2D eigenvalue weighted by atomic mass is 35.5. The summed E-state index contributed by atoms with van der Waals surface area (Å²) in [6.45, 7) is 0. The number of alkyl halides is 1. The van der Waals surface area contributed by atoms with Gasteiger partial charge in [0.1, 0.15) is 0 Å². The molecule has 1 N–H and O–H groups in total. The molecule has 0 spiro atoms. The topological polar surface area (TPSA) is 29.1 Å². The molecule has 0 saturated carbocycles. The van der Waals surface area contributed by atoms with Gasteiger partial charge in [0.2, 0.25) is 0 Å². The summed E-state index contributed by atoms with van der Waals surface area (Å²) < 4.78 is 38.8. The molecular weight excluding hydrogens is 291 g/mol. The van der Waals surface area contributed by atoms with Crippen LogP contribution >= 0.6 is 11.6 Å². The Morgan fingerprint density at radius 1 is 1.10 bits per heavy atom. The molecule has 0 aliphatic carbocycles. The zero-order valence-electron chi connectivity index (χ0n) is 10.1. The summed E-state index contributed by atoms with van der Waals surface area (Å²) >= 11 is 5.65. The van der Waals surface area contributed by atoms with E-state index < -0.39 is 23.4 Å². The van der Waals surface area contributed by atoms with Gasteiger partial charge in [-0.25, -0.2) is 13.2 Å². The number of halogens is 4. The molecule has 20 heavy (non-hydrogen) atoms. The molecule has 0 saturated heterocycles. The van der Waals surface area contributed by atoms with Crippen molar-refractivity contribution >= 4 is 23.2 Å². The van der Waals surface area contributed by atoms with Gasteiger partial charge in [0.15, 0.2) is 17.5 Å². The minimum atomic E-state index is -1.58. The molecule has 1 amide bonds. The first kappa shape index (κ1) is 14.4. The fraction of sp³-hybridized carbons (Fsp3) is 0.0714. The van der Waals surface area contributed by atoms with Crippen LogP contribution in [0.5, 0.6) is 0 Å². The summed E-state index contributed by atoms with van der Waals surface area (Å²) in [7, 11) is 0. The van der Waals surface area contributed by atoms with Crippen molar-refractivity contribution in [1.29, 1.82) is 0 Å². The summed E-state index contributed by atoms with van der Waals surface area (Å²) in [6.07, 6.45) is 0. The summed E-state index contributed by atoms with van der Waals surface area (Å²) in [5, 5.41) is 2.29. The highest BCUT2D eigenvalue weighted by Gasteiger charge is 2.13. The number of carbonyl (C=O) groups excluding carboxylic acids is 1. The van der Waals surface area contributed by atoms with Crippen molar-refractivity contribution < 1.29 is 18.0 Å². The van der Waals surface area contributed by atoms with E-state index >= 15 is 0 Å². The molecule has 104 valence electrons. The fourth-order valence-corrected chi connectivity index (χ4v) is 1.79. The Morgan fingerprint density at radius 2 is 1.75 bits per heavy atom. The first-order valence-corrected chi connectivity index (χ1v) is 6.15. The van der Waals surface area contributed by atoms with Crippen LogP contribution < -0.4 is 5.32 Å². The molecule has 0 radical (unpaired) electrons. The number of hydrogen-bond acceptors (Lipinski definition) is 1. The van der Waals surface area contributed by atoms with Gasteiger partial charge in [-0.05, 0) is 17.7 Å². The minimum Gasteiger partial charge on any atom is -0.322 e. The van der Waals surface area contributed by atoms with E-state index in [9.17, 15) is 18.0 Å². The van der Waals surface area contributed by atoms with Gasteiger partial charge < -0.3 is 5.32 Å². The van der Waals surface area contributed by atoms with E-state index in [1.54, 1.807) is 18.2 Å². The van der Waals surface area contributed by atoms with Gasteiger partial charge >= 0.3 is 0 Å². The van der Waals surface area contributed by atoms with Crippen LogP contribution in [0.15, 0.2) is 36.4 Å². The standard InChI is InChI=1S/C14H9ClF3NO/c15-7-8-2-1-3-9(4-8)14(20)19-10-5-11(16)13(18)12(17)6-10/h1-6H,7H2,(H,19,20). The summed E-state index contributed by atoms with van der Waals surface area (Å²) in [6, 6.07) is 7.88. The number of carbonyl (C=O) groups is 1. The second-order valence-corrected chi connectivity index (χ2v) is 4.31. The Balaban J connectivity index is 2.23. The summed E-state index contributed by atoms with van der Waals surface area (Å²) in [5.74, 6) is -4.64. The molecule has 0 bridgehead atoms. The number of benzene rings is 2. The predicted octanol–water partition coefficient (Wildman–Crippen LogP) is 4.10. The smallest absolute Gasteiger partial charge is 0.255 e. The highest BCUT2D eigenvalue weighted by Crippen LogP contribution is 2.18. The molecule has 0 aliphatic rings. The predicted molar refractivity (Wildman–Crippen MR) is 70.3 cm³/mol. The number of hydrogen-bond donors (Lipinski definition) is 1. The van der Waals surface area contributed by atoms with Crippen LogP contribution in [-0.2, 0) is 5.88 Å². The lowest BCUT2D eigenvalue weighted by Crippen LogP contribution is -2.12. The zero-order valence-corrected chi connectivity index (χ0v) is 10.8. The minimum absolute atomic E-state index is 0.164. The molecule has 0 unspecified atom stereocenters. The Morgan fingerprint density at radius 3 is 2.35 bits per heavy atom. The van der Waals surface area contributed by atoms with E-state index in [-0.39, 0.29) is 17.1 Å². The van der Waals surface area contributed by atoms with Crippen molar-refractivity contribution in [3.63, 3.8) is 0 Å². The average Bonchev–Trinajstić information content (AvgIpc) is 2.44. The molecule has 0 aliphatic heterocycles. The van der Waals surface area contributed by atoms with Crippen molar-refractivity contribution in [3.8, 4) is 0 Å². The maximum Gasteiger partial charge on any atom is 0.255 e. The van der Waals surface area contributed by atoms with Crippen molar-refractivity contribution in [1.82, 2.24) is 0 Å². The Kier molecular flexibility index (Phi) is 4.29. The van der Waals surface area contributed by atoms with Crippen LogP contribution in [0.3, 0.4) is 0 Å². The largest absolute Gasteiger partial charge is 0.322 e.